The molecule has 3 rings (SSSR count). The number of amides is 2. The Bertz CT molecular complexity index is 944. The number of nitrogens with one attached hydrogen (secondary N) is 3. The molecule has 0 saturated heterocycles. The van der Waals surface area contributed by atoms with Gasteiger partial charge in [-0.15, -0.1) is 0 Å². The van der Waals surface area contributed by atoms with Gasteiger partial charge in [0.2, 0.25) is 5.91 Å². The van der Waals surface area contributed by atoms with Gasteiger partial charge in [0.15, 0.2) is 0 Å². The zero-order chi connectivity index (χ0) is 21.2. The Morgan fingerprint density at radius 2 is 1.43 bits per heavy atom. The van der Waals surface area contributed by atoms with Gasteiger partial charge in [-0.05, 0) is 23.6 Å². The highest BCUT2D eigenvalue weighted by molar-refractivity contribution is 5.83. The minimum Gasteiger partial charge on any atom is -0.444 e. The van der Waals surface area contributed by atoms with Crippen molar-refractivity contribution in [2.75, 3.05) is 0 Å². The summed E-state index contributed by atoms with van der Waals surface area (Å²) < 4.78 is 5.20. The maximum Gasteiger partial charge on any atom is 0.421 e. The predicted octanol–water partition coefficient (Wildman–Crippen LogP) is 3.78. The van der Waals surface area contributed by atoms with Crippen molar-refractivity contribution in [2.45, 2.75) is 26.1 Å². The molecule has 0 saturated carbocycles. The lowest BCUT2D eigenvalue weighted by molar-refractivity contribution is -0.123. The molecular formula is C24H25N3O3. The molecule has 3 aromatic carbocycles. The molecule has 3 aromatic rings. The molecule has 0 heterocycles. The van der Waals surface area contributed by atoms with Gasteiger partial charge in [0, 0.05) is 6.54 Å². The first kappa shape index (κ1) is 21.1. The number of rotatable bonds is 8. The van der Waals surface area contributed by atoms with Crippen LogP contribution in [0.3, 0.4) is 0 Å². The van der Waals surface area contributed by atoms with Crippen LogP contribution < -0.4 is 16.2 Å². The van der Waals surface area contributed by atoms with Crippen LogP contribution in [-0.2, 0) is 22.7 Å². The Kier molecular flexibility index (Phi) is 7.58. The summed E-state index contributed by atoms with van der Waals surface area (Å²) in [5.41, 5.74) is 8.94. The van der Waals surface area contributed by atoms with Crippen LogP contribution in [0.5, 0.6) is 0 Å². The third kappa shape index (κ3) is 6.46. The molecular weight excluding hydrogens is 378 g/mol. The molecule has 6 nitrogen and oxygen atoms in total. The maximum atomic E-state index is 12.8. The largest absolute Gasteiger partial charge is 0.444 e. The fourth-order valence-corrected chi connectivity index (χ4v) is 2.84. The van der Waals surface area contributed by atoms with Gasteiger partial charge in [-0.2, -0.15) is 0 Å². The van der Waals surface area contributed by atoms with Gasteiger partial charge in [0.05, 0.1) is 0 Å². The smallest absolute Gasteiger partial charge is 0.421 e. The van der Waals surface area contributed by atoms with Crippen molar-refractivity contribution >= 4 is 12.0 Å². The quantitative estimate of drug-likeness (QED) is 0.500. The van der Waals surface area contributed by atoms with Gasteiger partial charge in [0.25, 0.3) is 0 Å². The summed E-state index contributed by atoms with van der Waals surface area (Å²) in [6, 6.07) is 25.8. The second-order valence-corrected chi connectivity index (χ2v) is 6.88. The summed E-state index contributed by atoms with van der Waals surface area (Å²) in [7, 11) is 0. The highest BCUT2D eigenvalue weighted by Crippen LogP contribution is 2.14. The lowest BCUT2D eigenvalue weighted by Crippen LogP contribution is -2.46. The molecule has 0 radical (unpaired) electrons. The van der Waals surface area contributed by atoms with Crippen molar-refractivity contribution in [2.24, 2.45) is 0 Å². The Hall–Kier alpha value is -3.64. The van der Waals surface area contributed by atoms with E-state index in [0.29, 0.717) is 6.54 Å². The summed E-state index contributed by atoms with van der Waals surface area (Å²) in [4.78, 5) is 24.9. The molecule has 0 aliphatic carbocycles. The molecule has 0 aliphatic rings. The van der Waals surface area contributed by atoms with E-state index in [4.69, 9.17) is 4.74 Å². The molecule has 0 spiro atoms. The van der Waals surface area contributed by atoms with E-state index in [2.05, 4.69) is 16.2 Å². The van der Waals surface area contributed by atoms with E-state index < -0.39 is 12.1 Å². The van der Waals surface area contributed by atoms with Gasteiger partial charge in [-0.25, -0.2) is 10.2 Å². The topological polar surface area (TPSA) is 79.5 Å². The number of ether oxygens (including phenoxy) is 1. The average Bonchev–Trinajstić information content (AvgIpc) is 2.79. The third-order valence-electron chi connectivity index (χ3n) is 4.51. The van der Waals surface area contributed by atoms with E-state index in [1.54, 1.807) is 0 Å². The van der Waals surface area contributed by atoms with Crippen LogP contribution in [0.15, 0.2) is 84.9 Å². The summed E-state index contributed by atoms with van der Waals surface area (Å²) >= 11 is 0. The predicted molar refractivity (Wildman–Crippen MR) is 115 cm³/mol. The van der Waals surface area contributed by atoms with E-state index in [1.807, 2.05) is 91.9 Å². The number of hydrogen-bond acceptors (Lipinski definition) is 4. The van der Waals surface area contributed by atoms with Gasteiger partial charge < -0.3 is 10.1 Å². The second-order valence-electron chi connectivity index (χ2n) is 6.88. The molecule has 0 aliphatic heterocycles. The summed E-state index contributed by atoms with van der Waals surface area (Å²) in [5, 5.41) is 2.90. The minimum absolute atomic E-state index is 0.143. The van der Waals surface area contributed by atoms with E-state index in [-0.39, 0.29) is 12.5 Å². The zero-order valence-corrected chi connectivity index (χ0v) is 16.8. The number of hydrogen-bond donors (Lipinski definition) is 3. The standard InChI is InChI=1S/C24H25N3O3/c1-18-12-14-21(15-13-18)22(23(28)25-16-19-8-4-2-5-9-19)26-27-24(29)30-17-20-10-6-3-7-11-20/h2-15,22,26H,16-17H2,1H3,(H,25,28)(H,27,29)/t22-/m0/s1. The van der Waals surface area contributed by atoms with Crippen LogP contribution in [0.4, 0.5) is 4.79 Å². The zero-order valence-electron chi connectivity index (χ0n) is 16.8. The molecule has 1 atom stereocenters. The fraction of sp³-hybridized carbons (Fsp3) is 0.167. The van der Waals surface area contributed by atoms with Gasteiger partial charge >= 0.3 is 6.09 Å². The molecule has 154 valence electrons. The van der Waals surface area contributed by atoms with Crippen LogP contribution in [0.25, 0.3) is 0 Å². The third-order valence-corrected chi connectivity index (χ3v) is 4.51. The molecule has 6 heteroatoms. The van der Waals surface area contributed by atoms with Crippen molar-refractivity contribution < 1.29 is 14.3 Å². The monoisotopic (exact) mass is 403 g/mol. The Labute approximate surface area is 176 Å². The SMILES string of the molecule is Cc1ccc([C@H](NNC(=O)OCc2ccccc2)C(=O)NCc2ccccc2)cc1. The molecule has 3 N–H and O–H groups in total. The Balaban J connectivity index is 1.59. The lowest BCUT2D eigenvalue weighted by Gasteiger charge is -2.19. The molecule has 0 unspecified atom stereocenters. The van der Waals surface area contributed by atoms with Gasteiger partial charge in [-0.3, -0.25) is 10.2 Å². The van der Waals surface area contributed by atoms with Crippen LogP contribution >= 0.6 is 0 Å². The number of carbonyl (C=O) groups excluding carboxylic acids is 2. The van der Waals surface area contributed by atoms with Gasteiger partial charge in [-0.1, -0.05) is 90.5 Å². The second kappa shape index (κ2) is 10.8. The average molecular weight is 403 g/mol. The van der Waals surface area contributed by atoms with Crippen molar-refractivity contribution in [3.05, 3.63) is 107 Å². The van der Waals surface area contributed by atoms with Crippen molar-refractivity contribution in [3.8, 4) is 0 Å². The molecule has 0 fully saturated rings. The van der Waals surface area contributed by atoms with Crippen LogP contribution in [-0.4, -0.2) is 12.0 Å². The first-order chi connectivity index (χ1) is 14.6. The van der Waals surface area contributed by atoms with Crippen molar-refractivity contribution in [3.63, 3.8) is 0 Å². The molecule has 0 bridgehead atoms. The van der Waals surface area contributed by atoms with Gasteiger partial charge in [0.1, 0.15) is 12.6 Å². The van der Waals surface area contributed by atoms with Crippen LogP contribution in [0.1, 0.15) is 28.3 Å². The first-order valence-electron chi connectivity index (χ1n) is 9.72. The normalized spacial score (nSPS) is 11.4. The molecule has 2 amide bonds. The van der Waals surface area contributed by atoms with Crippen molar-refractivity contribution in [1.82, 2.24) is 16.2 Å². The van der Waals surface area contributed by atoms with Crippen molar-refractivity contribution in [1.29, 1.82) is 0 Å². The molecule has 0 aromatic heterocycles. The fourth-order valence-electron chi connectivity index (χ4n) is 2.84. The lowest BCUT2D eigenvalue weighted by atomic mass is 10.0. The Morgan fingerprint density at radius 3 is 2.07 bits per heavy atom. The number of benzene rings is 3. The van der Waals surface area contributed by atoms with Crippen LogP contribution in [0.2, 0.25) is 0 Å². The minimum atomic E-state index is -0.765. The highest BCUT2D eigenvalue weighted by atomic mass is 16.6. The number of aryl methyl sites for hydroxylation is 1. The molecule has 30 heavy (non-hydrogen) atoms. The summed E-state index contributed by atoms with van der Waals surface area (Å²) in [5.74, 6) is -0.258. The number of carbonyl (C=O) groups is 2. The van der Waals surface area contributed by atoms with E-state index >= 15 is 0 Å². The summed E-state index contributed by atoms with van der Waals surface area (Å²) in [6.07, 6.45) is -0.660. The summed E-state index contributed by atoms with van der Waals surface area (Å²) in [6.45, 7) is 2.51. The van der Waals surface area contributed by atoms with Crippen LogP contribution in [0, 0.1) is 6.92 Å². The first-order valence-corrected chi connectivity index (χ1v) is 9.72. The number of hydrazine groups is 1. The highest BCUT2D eigenvalue weighted by Gasteiger charge is 2.21. The van der Waals surface area contributed by atoms with E-state index in [0.717, 1.165) is 22.3 Å². The van der Waals surface area contributed by atoms with E-state index in [1.165, 1.54) is 0 Å². The maximum absolute atomic E-state index is 12.8. The van der Waals surface area contributed by atoms with E-state index in [9.17, 15) is 9.59 Å². The Morgan fingerprint density at radius 1 is 0.833 bits per heavy atom.